The van der Waals surface area contributed by atoms with Gasteiger partial charge in [-0.3, -0.25) is 4.90 Å². The van der Waals surface area contributed by atoms with Crippen LogP contribution in [0.5, 0.6) is 5.75 Å². The van der Waals surface area contributed by atoms with Gasteiger partial charge in [-0.25, -0.2) is 4.98 Å². The molecule has 0 radical (unpaired) electrons. The Kier molecular flexibility index (Phi) is 4.83. The number of fused-ring (bicyclic) bond motifs is 1. The fourth-order valence-corrected chi connectivity index (χ4v) is 3.11. The highest BCUT2D eigenvalue weighted by atomic mass is 16.5. The zero-order valence-corrected chi connectivity index (χ0v) is 13.7. The molecule has 0 aliphatic carbocycles. The maximum atomic E-state index is 9.07. The van der Waals surface area contributed by atoms with Crippen molar-refractivity contribution in [2.45, 2.75) is 0 Å². The number of aliphatic hydroxyl groups is 1. The number of aliphatic hydroxyl groups excluding tert-OH is 1. The summed E-state index contributed by atoms with van der Waals surface area (Å²) in [5.74, 6) is 1.84. The molecule has 6 nitrogen and oxygen atoms in total. The molecular weight excluding hydrogens is 292 g/mol. The molecule has 0 saturated carbocycles. The molecule has 23 heavy (non-hydrogen) atoms. The summed E-state index contributed by atoms with van der Waals surface area (Å²) in [5, 5.41) is 14.5. The normalized spacial score (nSPS) is 15.9. The van der Waals surface area contributed by atoms with Crippen molar-refractivity contribution in [1.29, 1.82) is 0 Å². The third kappa shape index (κ3) is 3.18. The molecule has 1 aromatic heterocycles. The van der Waals surface area contributed by atoms with E-state index < -0.39 is 0 Å². The molecule has 0 bridgehead atoms. The van der Waals surface area contributed by atoms with Gasteiger partial charge in [-0.1, -0.05) is 0 Å². The van der Waals surface area contributed by atoms with Crippen molar-refractivity contribution in [3.8, 4) is 5.75 Å². The summed E-state index contributed by atoms with van der Waals surface area (Å²) < 4.78 is 5.38. The minimum absolute atomic E-state index is 0.218. The second-order valence-corrected chi connectivity index (χ2v) is 5.71. The number of aromatic nitrogens is 1. The molecule has 2 heterocycles. The number of anilines is 2. The van der Waals surface area contributed by atoms with Crippen molar-refractivity contribution in [1.82, 2.24) is 9.88 Å². The van der Waals surface area contributed by atoms with Crippen molar-refractivity contribution < 1.29 is 9.84 Å². The zero-order chi connectivity index (χ0) is 16.2. The number of benzene rings is 1. The Morgan fingerprint density at radius 1 is 1.22 bits per heavy atom. The number of pyridine rings is 1. The molecule has 0 spiro atoms. The molecule has 2 N–H and O–H groups in total. The minimum Gasteiger partial charge on any atom is -0.497 e. The van der Waals surface area contributed by atoms with Gasteiger partial charge in [0.05, 0.1) is 25.6 Å². The highest BCUT2D eigenvalue weighted by Gasteiger charge is 2.20. The van der Waals surface area contributed by atoms with E-state index in [2.05, 4.69) is 32.2 Å². The van der Waals surface area contributed by atoms with Crippen molar-refractivity contribution >= 4 is 22.3 Å². The molecule has 6 heteroatoms. The lowest BCUT2D eigenvalue weighted by molar-refractivity contribution is 0.188. The van der Waals surface area contributed by atoms with Crippen molar-refractivity contribution in [2.24, 2.45) is 0 Å². The standard InChI is InChI=1S/C17H24N4O2/c1-18-16-12-19-17(15-11-13(23-2)3-4-14(15)16)21-7-5-20(6-8-21)9-10-22/h3-4,11-12,18,22H,5-10H2,1-2H3. The van der Waals surface area contributed by atoms with Gasteiger partial charge < -0.3 is 20.1 Å². The fourth-order valence-electron chi connectivity index (χ4n) is 3.11. The largest absolute Gasteiger partial charge is 0.497 e. The van der Waals surface area contributed by atoms with E-state index in [-0.39, 0.29) is 6.61 Å². The van der Waals surface area contributed by atoms with Crippen LogP contribution in [0.1, 0.15) is 0 Å². The first kappa shape index (κ1) is 15.8. The summed E-state index contributed by atoms with van der Waals surface area (Å²) in [6, 6.07) is 6.11. The predicted molar refractivity (Wildman–Crippen MR) is 93.6 cm³/mol. The monoisotopic (exact) mass is 316 g/mol. The number of hydrogen-bond donors (Lipinski definition) is 2. The Balaban J connectivity index is 1.94. The van der Waals surface area contributed by atoms with Crippen LogP contribution in [-0.4, -0.2) is 68.5 Å². The lowest BCUT2D eigenvalue weighted by Gasteiger charge is -2.35. The Morgan fingerprint density at radius 2 is 2.00 bits per heavy atom. The van der Waals surface area contributed by atoms with Crippen molar-refractivity contribution in [3.05, 3.63) is 24.4 Å². The van der Waals surface area contributed by atoms with Crippen molar-refractivity contribution in [3.63, 3.8) is 0 Å². The Morgan fingerprint density at radius 3 is 2.65 bits per heavy atom. The van der Waals surface area contributed by atoms with Crippen LogP contribution in [0.15, 0.2) is 24.4 Å². The Hall–Kier alpha value is -2.05. The first-order chi connectivity index (χ1) is 11.3. The maximum Gasteiger partial charge on any atom is 0.136 e. The van der Waals surface area contributed by atoms with Crippen LogP contribution >= 0.6 is 0 Å². The molecule has 1 fully saturated rings. The quantitative estimate of drug-likeness (QED) is 0.869. The second-order valence-electron chi connectivity index (χ2n) is 5.71. The first-order valence-corrected chi connectivity index (χ1v) is 7.99. The molecule has 2 aromatic rings. The highest BCUT2D eigenvalue weighted by molar-refractivity contribution is 6.01. The van der Waals surface area contributed by atoms with Crippen LogP contribution in [-0.2, 0) is 0 Å². The predicted octanol–water partition coefficient (Wildman–Crippen LogP) is 1.40. The highest BCUT2D eigenvalue weighted by Crippen LogP contribution is 2.33. The third-order valence-corrected chi connectivity index (χ3v) is 4.43. The summed E-state index contributed by atoms with van der Waals surface area (Å²) in [7, 11) is 3.60. The van der Waals surface area contributed by atoms with Crippen LogP contribution in [0.2, 0.25) is 0 Å². The lowest BCUT2D eigenvalue weighted by atomic mass is 10.1. The average molecular weight is 316 g/mol. The van der Waals surface area contributed by atoms with E-state index in [1.165, 1.54) is 0 Å². The van der Waals surface area contributed by atoms with Crippen LogP contribution < -0.4 is 15.0 Å². The average Bonchev–Trinajstić information content (AvgIpc) is 2.61. The van der Waals surface area contributed by atoms with Gasteiger partial charge >= 0.3 is 0 Å². The van der Waals surface area contributed by atoms with E-state index in [9.17, 15) is 0 Å². The molecule has 1 saturated heterocycles. The van der Waals surface area contributed by atoms with Gasteiger partial charge in [0.1, 0.15) is 11.6 Å². The number of piperazine rings is 1. The number of rotatable bonds is 5. The molecule has 1 aromatic carbocycles. The summed E-state index contributed by atoms with van der Waals surface area (Å²) in [5.41, 5.74) is 1.02. The number of ether oxygens (including phenoxy) is 1. The Bertz CT molecular complexity index is 669. The van der Waals surface area contributed by atoms with Crippen LogP contribution in [0.4, 0.5) is 11.5 Å². The van der Waals surface area contributed by atoms with Gasteiger partial charge in [-0.05, 0) is 18.2 Å². The van der Waals surface area contributed by atoms with E-state index >= 15 is 0 Å². The topological polar surface area (TPSA) is 60.9 Å². The molecule has 0 atom stereocenters. The molecule has 3 rings (SSSR count). The molecule has 1 aliphatic rings. The molecule has 0 amide bonds. The number of β-amino-alcohol motifs (C(OH)–C–C–N with tert-alkyl or cyclic N) is 1. The lowest BCUT2D eigenvalue weighted by Crippen LogP contribution is -2.47. The minimum atomic E-state index is 0.218. The molecule has 1 aliphatic heterocycles. The zero-order valence-electron chi connectivity index (χ0n) is 13.7. The maximum absolute atomic E-state index is 9.07. The van der Waals surface area contributed by atoms with E-state index in [0.717, 1.165) is 60.8 Å². The molecule has 0 unspecified atom stereocenters. The summed E-state index contributed by atoms with van der Waals surface area (Å²) in [4.78, 5) is 9.28. The van der Waals surface area contributed by atoms with Crippen LogP contribution in [0.3, 0.4) is 0 Å². The van der Waals surface area contributed by atoms with Gasteiger partial charge in [0.25, 0.3) is 0 Å². The van der Waals surface area contributed by atoms with Crippen LogP contribution in [0, 0.1) is 0 Å². The molecule has 124 valence electrons. The number of hydrogen-bond acceptors (Lipinski definition) is 6. The molecular formula is C17H24N4O2. The van der Waals surface area contributed by atoms with E-state index in [0.29, 0.717) is 0 Å². The van der Waals surface area contributed by atoms with Gasteiger partial charge in [0, 0.05) is 50.5 Å². The second kappa shape index (κ2) is 7.02. The van der Waals surface area contributed by atoms with Gasteiger partial charge in [-0.15, -0.1) is 0 Å². The number of nitrogens with zero attached hydrogens (tertiary/aromatic N) is 3. The SMILES string of the molecule is CNc1cnc(N2CCN(CCO)CC2)c2cc(OC)ccc12. The number of methoxy groups -OCH3 is 1. The van der Waals surface area contributed by atoms with E-state index in [1.54, 1.807) is 7.11 Å². The summed E-state index contributed by atoms with van der Waals surface area (Å²) >= 11 is 0. The third-order valence-electron chi connectivity index (χ3n) is 4.43. The van der Waals surface area contributed by atoms with Gasteiger partial charge in [0.2, 0.25) is 0 Å². The number of nitrogens with one attached hydrogen (secondary N) is 1. The summed E-state index contributed by atoms with van der Waals surface area (Å²) in [6.45, 7) is 4.68. The van der Waals surface area contributed by atoms with Gasteiger partial charge in [0.15, 0.2) is 0 Å². The van der Waals surface area contributed by atoms with Crippen molar-refractivity contribution in [2.75, 3.05) is 63.7 Å². The Labute approximate surface area is 136 Å². The fraction of sp³-hybridized carbons (Fsp3) is 0.471. The smallest absolute Gasteiger partial charge is 0.136 e. The first-order valence-electron chi connectivity index (χ1n) is 7.99. The van der Waals surface area contributed by atoms with E-state index in [1.807, 2.05) is 19.3 Å². The van der Waals surface area contributed by atoms with Gasteiger partial charge in [-0.2, -0.15) is 0 Å². The van der Waals surface area contributed by atoms with E-state index in [4.69, 9.17) is 9.84 Å². The van der Waals surface area contributed by atoms with Crippen LogP contribution in [0.25, 0.3) is 10.8 Å². The summed E-state index contributed by atoms with van der Waals surface area (Å²) in [6.07, 6.45) is 1.89.